The molecule has 4 rings (SSSR count). The maximum absolute atomic E-state index is 12.8. The van der Waals surface area contributed by atoms with Crippen LogP contribution in [0.25, 0.3) is 5.69 Å². The number of aromatic nitrogens is 4. The molecule has 6 nitrogen and oxygen atoms in total. The van der Waals surface area contributed by atoms with Crippen molar-refractivity contribution >= 4 is 23.4 Å². The fraction of sp³-hybridized carbons (Fsp3) is 0.263. The van der Waals surface area contributed by atoms with Gasteiger partial charge in [-0.2, -0.15) is 4.68 Å². The topological polar surface area (TPSA) is 63.9 Å². The highest BCUT2D eigenvalue weighted by Crippen LogP contribution is 2.28. The SMILES string of the molecule is Cc1ccc(-n2nnnc2SCC(=O)N2CCCc3ccccc32)cc1. The van der Waals surface area contributed by atoms with Crippen molar-refractivity contribution in [3.8, 4) is 5.69 Å². The lowest BCUT2D eigenvalue weighted by atomic mass is 10.0. The molecule has 0 radical (unpaired) electrons. The minimum absolute atomic E-state index is 0.0839. The molecule has 1 aliphatic heterocycles. The largest absolute Gasteiger partial charge is 0.311 e. The van der Waals surface area contributed by atoms with Crippen LogP contribution in [0.2, 0.25) is 0 Å². The Morgan fingerprint density at radius 3 is 2.81 bits per heavy atom. The Morgan fingerprint density at radius 1 is 1.15 bits per heavy atom. The van der Waals surface area contributed by atoms with Gasteiger partial charge in [0, 0.05) is 12.2 Å². The molecular formula is C19H19N5OS. The Kier molecular flexibility index (Phi) is 4.71. The molecule has 0 saturated carbocycles. The first kappa shape index (κ1) is 16.8. The van der Waals surface area contributed by atoms with Crippen molar-refractivity contribution in [2.45, 2.75) is 24.9 Å². The number of fused-ring (bicyclic) bond motifs is 1. The molecule has 7 heteroatoms. The van der Waals surface area contributed by atoms with Crippen molar-refractivity contribution in [3.63, 3.8) is 0 Å². The van der Waals surface area contributed by atoms with Crippen molar-refractivity contribution in [2.75, 3.05) is 17.2 Å². The summed E-state index contributed by atoms with van der Waals surface area (Å²) in [6, 6.07) is 16.1. The summed E-state index contributed by atoms with van der Waals surface area (Å²) in [6.07, 6.45) is 2.02. The lowest BCUT2D eigenvalue weighted by Crippen LogP contribution is -2.36. The third-order valence-corrected chi connectivity index (χ3v) is 5.36. The molecule has 0 fully saturated rings. The molecule has 26 heavy (non-hydrogen) atoms. The molecule has 0 atom stereocenters. The molecule has 0 N–H and O–H groups in total. The summed E-state index contributed by atoms with van der Waals surface area (Å²) >= 11 is 1.36. The molecule has 0 unspecified atom stereocenters. The first-order valence-electron chi connectivity index (χ1n) is 8.59. The molecule has 0 spiro atoms. The molecule has 1 amide bonds. The highest BCUT2D eigenvalue weighted by atomic mass is 32.2. The quantitative estimate of drug-likeness (QED) is 0.665. The first-order valence-corrected chi connectivity index (χ1v) is 9.57. The molecule has 132 valence electrons. The van der Waals surface area contributed by atoms with Gasteiger partial charge in [0.2, 0.25) is 11.1 Å². The fourth-order valence-electron chi connectivity index (χ4n) is 3.11. The summed E-state index contributed by atoms with van der Waals surface area (Å²) in [6.45, 7) is 2.80. The number of carbonyl (C=O) groups excluding carboxylic acids is 1. The second kappa shape index (κ2) is 7.29. The van der Waals surface area contributed by atoms with Gasteiger partial charge in [0.25, 0.3) is 0 Å². The number of nitrogens with zero attached hydrogens (tertiary/aromatic N) is 5. The standard InChI is InChI=1S/C19H19N5OS/c1-14-8-10-16(11-9-14)24-19(20-21-22-24)26-13-18(25)23-12-4-6-15-5-2-3-7-17(15)23/h2-3,5,7-11H,4,6,12-13H2,1H3. The third-order valence-electron chi connectivity index (χ3n) is 4.46. The van der Waals surface area contributed by atoms with E-state index in [2.05, 4.69) is 21.6 Å². The molecule has 2 heterocycles. The zero-order valence-corrected chi connectivity index (χ0v) is 15.3. The number of hydrogen-bond acceptors (Lipinski definition) is 5. The maximum Gasteiger partial charge on any atom is 0.237 e. The average Bonchev–Trinajstić information content (AvgIpc) is 3.15. The highest BCUT2D eigenvalue weighted by molar-refractivity contribution is 7.99. The minimum atomic E-state index is 0.0839. The summed E-state index contributed by atoms with van der Waals surface area (Å²) < 4.78 is 1.67. The van der Waals surface area contributed by atoms with Crippen LogP contribution in [0.15, 0.2) is 53.7 Å². The Morgan fingerprint density at radius 2 is 1.96 bits per heavy atom. The van der Waals surface area contributed by atoms with Crippen LogP contribution in [0, 0.1) is 6.92 Å². The monoisotopic (exact) mass is 365 g/mol. The van der Waals surface area contributed by atoms with Crippen molar-refractivity contribution < 1.29 is 4.79 Å². The number of thioether (sulfide) groups is 1. The van der Waals surface area contributed by atoms with Crippen molar-refractivity contribution in [3.05, 3.63) is 59.7 Å². The Bertz CT molecular complexity index is 922. The van der Waals surface area contributed by atoms with Crippen LogP contribution in [-0.4, -0.2) is 38.4 Å². The Labute approximate surface area is 156 Å². The number of aryl methyl sites for hydroxylation is 2. The predicted molar refractivity (Wildman–Crippen MR) is 102 cm³/mol. The first-order chi connectivity index (χ1) is 12.7. The molecule has 0 aliphatic carbocycles. The summed E-state index contributed by atoms with van der Waals surface area (Å²) in [4.78, 5) is 14.7. The van der Waals surface area contributed by atoms with E-state index in [1.807, 2.05) is 54.3 Å². The Balaban J connectivity index is 1.48. The number of amides is 1. The van der Waals surface area contributed by atoms with Gasteiger partial charge in [-0.15, -0.1) is 5.10 Å². The van der Waals surface area contributed by atoms with Gasteiger partial charge in [0.1, 0.15) is 0 Å². The second-order valence-electron chi connectivity index (χ2n) is 6.28. The zero-order chi connectivity index (χ0) is 17.9. The third kappa shape index (κ3) is 3.35. The maximum atomic E-state index is 12.8. The van der Waals surface area contributed by atoms with Gasteiger partial charge >= 0.3 is 0 Å². The predicted octanol–water partition coefficient (Wildman–Crippen LogP) is 3.04. The van der Waals surface area contributed by atoms with Gasteiger partial charge in [0.05, 0.1) is 11.4 Å². The normalized spacial score (nSPS) is 13.5. The van der Waals surface area contributed by atoms with Gasteiger partial charge in [-0.05, 0) is 54.0 Å². The van der Waals surface area contributed by atoms with E-state index in [1.165, 1.54) is 22.9 Å². The zero-order valence-electron chi connectivity index (χ0n) is 14.5. The van der Waals surface area contributed by atoms with Crippen LogP contribution >= 0.6 is 11.8 Å². The van der Waals surface area contributed by atoms with E-state index in [9.17, 15) is 4.79 Å². The molecule has 2 aromatic carbocycles. The molecule has 3 aromatic rings. The summed E-state index contributed by atoms with van der Waals surface area (Å²) in [7, 11) is 0. The van der Waals surface area contributed by atoms with Crippen molar-refractivity contribution in [1.29, 1.82) is 0 Å². The lowest BCUT2D eigenvalue weighted by Gasteiger charge is -2.29. The van der Waals surface area contributed by atoms with E-state index in [0.29, 0.717) is 10.9 Å². The summed E-state index contributed by atoms with van der Waals surface area (Å²) in [5, 5.41) is 12.5. The second-order valence-corrected chi connectivity index (χ2v) is 7.22. The number of tetrazole rings is 1. The Hall–Kier alpha value is -2.67. The van der Waals surface area contributed by atoms with E-state index in [0.717, 1.165) is 30.8 Å². The van der Waals surface area contributed by atoms with Gasteiger partial charge in [-0.1, -0.05) is 47.7 Å². The van der Waals surface area contributed by atoms with Gasteiger partial charge in [0.15, 0.2) is 0 Å². The number of para-hydroxylation sites is 1. The van der Waals surface area contributed by atoms with Crippen molar-refractivity contribution in [2.24, 2.45) is 0 Å². The van der Waals surface area contributed by atoms with Crippen LogP contribution in [0.4, 0.5) is 5.69 Å². The summed E-state index contributed by atoms with van der Waals surface area (Å²) in [5.41, 5.74) is 4.33. The number of anilines is 1. The van der Waals surface area contributed by atoms with Gasteiger partial charge in [-0.25, -0.2) is 0 Å². The fourth-order valence-corrected chi connectivity index (χ4v) is 3.88. The van der Waals surface area contributed by atoms with Crippen LogP contribution in [0.5, 0.6) is 0 Å². The molecule has 0 saturated heterocycles. The van der Waals surface area contributed by atoms with Gasteiger partial charge in [-0.3, -0.25) is 4.79 Å². The smallest absolute Gasteiger partial charge is 0.237 e. The number of hydrogen-bond donors (Lipinski definition) is 0. The molecule has 1 aromatic heterocycles. The van der Waals surface area contributed by atoms with E-state index in [-0.39, 0.29) is 5.91 Å². The van der Waals surface area contributed by atoms with Crippen LogP contribution in [0.1, 0.15) is 17.5 Å². The minimum Gasteiger partial charge on any atom is -0.311 e. The van der Waals surface area contributed by atoms with Crippen LogP contribution in [-0.2, 0) is 11.2 Å². The van der Waals surface area contributed by atoms with Crippen LogP contribution in [0.3, 0.4) is 0 Å². The van der Waals surface area contributed by atoms with E-state index >= 15 is 0 Å². The average molecular weight is 365 g/mol. The molecule has 1 aliphatic rings. The van der Waals surface area contributed by atoms with Gasteiger partial charge < -0.3 is 4.90 Å². The number of carbonyl (C=O) groups is 1. The number of rotatable bonds is 4. The van der Waals surface area contributed by atoms with E-state index < -0.39 is 0 Å². The highest BCUT2D eigenvalue weighted by Gasteiger charge is 2.23. The van der Waals surface area contributed by atoms with E-state index in [1.54, 1.807) is 4.68 Å². The summed E-state index contributed by atoms with van der Waals surface area (Å²) in [5.74, 6) is 0.390. The lowest BCUT2D eigenvalue weighted by molar-refractivity contribution is -0.116. The van der Waals surface area contributed by atoms with Crippen molar-refractivity contribution in [1.82, 2.24) is 20.2 Å². The van der Waals surface area contributed by atoms with Crippen LogP contribution < -0.4 is 4.90 Å². The molecule has 0 bridgehead atoms. The van der Waals surface area contributed by atoms with E-state index in [4.69, 9.17) is 0 Å². The number of benzene rings is 2. The molecular weight excluding hydrogens is 346 g/mol.